The molecule has 1 aromatic carbocycles. The fourth-order valence-corrected chi connectivity index (χ4v) is 1.71. The number of nitrogens with one attached hydrogen (secondary N) is 1. The Labute approximate surface area is 126 Å². The Morgan fingerprint density at radius 2 is 1.91 bits per heavy atom. The molecular formula is C14H18F3N3O2. The van der Waals surface area contributed by atoms with Crippen LogP contribution in [-0.4, -0.2) is 42.9 Å². The lowest BCUT2D eigenvalue weighted by molar-refractivity contribution is -0.137. The van der Waals surface area contributed by atoms with Gasteiger partial charge in [-0.15, -0.1) is 0 Å². The number of alkyl halides is 3. The van der Waals surface area contributed by atoms with Crippen LogP contribution in [0.25, 0.3) is 0 Å². The molecule has 5 nitrogen and oxygen atoms in total. The summed E-state index contributed by atoms with van der Waals surface area (Å²) in [5.74, 6) is -1.38. The van der Waals surface area contributed by atoms with Gasteiger partial charge in [0.1, 0.15) is 0 Å². The third kappa shape index (κ3) is 4.45. The molecule has 0 saturated heterocycles. The molecule has 1 aromatic rings. The molecule has 2 amide bonds. The highest BCUT2D eigenvalue weighted by molar-refractivity contribution is 5.97. The second-order valence-corrected chi connectivity index (χ2v) is 4.82. The lowest BCUT2D eigenvalue weighted by Gasteiger charge is -2.23. The van der Waals surface area contributed by atoms with Crippen LogP contribution >= 0.6 is 0 Å². The summed E-state index contributed by atoms with van der Waals surface area (Å²) < 4.78 is 38.5. The quantitative estimate of drug-likeness (QED) is 0.858. The fraction of sp³-hybridized carbons (Fsp3) is 0.429. The van der Waals surface area contributed by atoms with Gasteiger partial charge in [0.15, 0.2) is 0 Å². The van der Waals surface area contributed by atoms with Crippen molar-refractivity contribution in [3.63, 3.8) is 0 Å². The van der Waals surface area contributed by atoms with Crippen LogP contribution in [0.4, 0.5) is 13.2 Å². The molecular weight excluding hydrogens is 299 g/mol. The Hall–Kier alpha value is -2.09. The third-order valence-corrected chi connectivity index (χ3v) is 3.27. The van der Waals surface area contributed by atoms with Crippen molar-refractivity contribution in [2.45, 2.75) is 19.1 Å². The first-order valence-corrected chi connectivity index (χ1v) is 6.58. The molecule has 0 aromatic heterocycles. The van der Waals surface area contributed by atoms with Crippen LogP contribution in [0.1, 0.15) is 22.8 Å². The zero-order valence-electron chi connectivity index (χ0n) is 12.3. The van der Waals surface area contributed by atoms with Gasteiger partial charge in [-0.25, -0.2) is 0 Å². The molecule has 0 heterocycles. The number of carbonyl (C=O) groups excluding carboxylic acids is 2. The third-order valence-electron chi connectivity index (χ3n) is 3.27. The fourth-order valence-electron chi connectivity index (χ4n) is 1.71. The van der Waals surface area contributed by atoms with Gasteiger partial charge in [0.25, 0.3) is 5.91 Å². The highest BCUT2D eigenvalue weighted by atomic mass is 19.4. The molecule has 8 heteroatoms. The van der Waals surface area contributed by atoms with Gasteiger partial charge in [0, 0.05) is 19.6 Å². The first-order chi connectivity index (χ1) is 10.2. The minimum absolute atomic E-state index is 0.230. The summed E-state index contributed by atoms with van der Waals surface area (Å²) in [5.41, 5.74) is 3.86. The van der Waals surface area contributed by atoms with Crippen molar-refractivity contribution in [1.29, 1.82) is 0 Å². The highest BCUT2D eigenvalue weighted by Gasteiger charge is 2.34. The predicted octanol–water partition coefficient (Wildman–Crippen LogP) is 1.24. The maximum Gasteiger partial charge on any atom is 0.417 e. The number of benzene rings is 1. The number of amides is 2. The summed E-state index contributed by atoms with van der Waals surface area (Å²) in [6.45, 7) is 1.57. The number of rotatable bonds is 5. The van der Waals surface area contributed by atoms with Gasteiger partial charge in [-0.2, -0.15) is 13.2 Å². The maximum atomic E-state index is 12.8. The van der Waals surface area contributed by atoms with E-state index in [1.165, 1.54) is 24.1 Å². The number of nitrogens with zero attached hydrogens (tertiary/aromatic N) is 1. The number of carbonyl (C=O) groups is 2. The van der Waals surface area contributed by atoms with Crippen LogP contribution in [-0.2, 0) is 11.0 Å². The Morgan fingerprint density at radius 3 is 2.45 bits per heavy atom. The summed E-state index contributed by atoms with van der Waals surface area (Å²) in [6, 6.07) is 4.18. The Kier molecular flexibility index (Phi) is 5.92. The molecule has 0 radical (unpaired) electrons. The average molecular weight is 317 g/mol. The SMILES string of the molecule is CC(CN)N(C)C(=O)CNC(=O)c1ccccc1C(F)(F)F. The molecule has 0 fully saturated rings. The van der Waals surface area contributed by atoms with E-state index in [1.807, 2.05) is 0 Å². The largest absolute Gasteiger partial charge is 0.417 e. The van der Waals surface area contributed by atoms with Gasteiger partial charge in [-0.05, 0) is 19.1 Å². The van der Waals surface area contributed by atoms with Gasteiger partial charge in [0.05, 0.1) is 17.7 Å². The molecule has 1 atom stereocenters. The number of likely N-dealkylation sites (N-methyl/N-ethyl adjacent to an activating group) is 1. The standard InChI is InChI=1S/C14H18F3N3O2/c1-9(7-18)20(2)12(21)8-19-13(22)10-5-3-4-6-11(10)14(15,16)17/h3-6,9H,7-8,18H2,1-2H3,(H,19,22). The second-order valence-electron chi connectivity index (χ2n) is 4.82. The van der Waals surface area contributed by atoms with E-state index in [4.69, 9.17) is 5.73 Å². The van der Waals surface area contributed by atoms with Crippen molar-refractivity contribution in [2.24, 2.45) is 5.73 Å². The number of hydrogen-bond acceptors (Lipinski definition) is 3. The lowest BCUT2D eigenvalue weighted by atomic mass is 10.1. The maximum absolute atomic E-state index is 12.8. The van der Waals surface area contributed by atoms with E-state index in [0.717, 1.165) is 12.1 Å². The van der Waals surface area contributed by atoms with E-state index in [9.17, 15) is 22.8 Å². The Bertz CT molecular complexity index is 546. The van der Waals surface area contributed by atoms with Crippen LogP contribution < -0.4 is 11.1 Å². The molecule has 1 rings (SSSR count). The van der Waals surface area contributed by atoms with Gasteiger partial charge < -0.3 is 16.0 Å². The van der Waals surface area contributed by atoms with Crippen molar-refractivity contribution in [3.8, 4) is 0 Å². The molecule has 0 aliphatic carbocycles. The number of nitrogens with two attached hydrogens (primary N) is 1. The monoisotopic (exact) mass is 317 g/mol. The molecule has 0 aliphatic heterocycles. The molecule has 0 spiro atoms. The van der Waals surface area contributed by atoms with E-state index in [0.29, 0.717) is 0 Å². The number of hydrogen-bond donors (Lipinski definition) is 2. The van der Waals surface area contributed by atoms with Gasteiger partial charge >= 0.3 is 6.18 Å². The van der Waals surface area contributed by atoms with Gasteiger partial charge in [-0.3, -0.25) is 9.59 Å². The van der Waals surface area contributed by atoms with E-state index < -0.39 is 35.7 Å². The van der Waals surface area contributed by atoms with Crippen LogP contribution in [0.15, 0.2) is 24.3 Å². The Morgan fingerprint density at radius 1 is 1.32 bits per heavy atom. The lowest BCUT2D eigenvalue weighted by Crippen LogP contribution is -2.45. The summed E-state index contributed by atoms with van der Waals surface area (Å²) in [7, 11) is 1.51. The number of halogens is 3. The van der Waals surface area contributed by atoms with E-state index in [-0.39, 0.29) is 12.6 Å². The summed E-state index contributed by atoms with van der Waals surface area (Å²) >= 11 is 0. The molecule has 0 aliphatic rings. The topological polar surface area (TPSA) is 75.4 Å². The second kappa shape index (κ2) is 7.26. The van der Waals surface area contributed by atoms with E-state index in [1.54, 1.807) is 6.92 Å². The minimum atomic E-state index is -4.64. The molecule has 1 unspecified atom stereocenters. The normalized spacial score (nSPS) is 12.6. The van der Waals surface area contributed by atoms with Crippen molar-refractivity contribution < 1.29 is 22.8 Å². The van der Waals surface area contributed by atoms with E-state index >= 15 is 0 Å². The average Bonchev–Trinajstić information content (AvgIpc) is 2.49. The van der Waals surface area contributed by atoms with Crippen LogP contribution in [0.3, 0.4) is 0 Å². The summed E-state index contributed by atoms with van der Waals surface area (Å²) in [6.07, 6.45) is -4.64. The van der Waals surface area contributed by atoms with E-state index in [2.05, 4.69) is 5.32 Å². The van der Waals surface area contributed by atoms with Gasteiger partial charge in [-0.1, -0.05) is 12.1 Å². The smallest absolute Gasteiger partial charge is 0.343 e. The first kappa shape index (κ1) is 18.0. The van der Waals surface area contributed by atoms with Gasteiger partial charge in [0.2, 0.25) is 5.91 Å². The summed E-state index contributed by atoms with van der Waals surface area (Å²) in [5, 5.41) is 2.20. The molecule has 3 N–H and O–H groups in total. The Balaban J connectivity index is 2.77. The molecule has 22 heavy (non-hydrogen) atoms. The highest BCUT2D eigenvalue weighted by Crippen LogP contribution is 2.31. The zero-order chi connectivity index (χ0) is 16.9. The predicted molar refractivity (Wildman–Crippen MR) is 75.1 cm³/mol. The first-order valence-electron chi connectivity index (χ1n) is 6.58. The minimum Gasteiger partial charge on any atom is -0.343 e. The van der Waals surface area contributed by atoms with Crippen LogP contribution in [0, 0.1) is 0 Å². The van der Waals surface area contributed by atoms with Crippen molar-refractivity contribution >= 4 is 11.8 Å². The van der Waals surface area contributed by atoms with Crippen molar-refractivity contribution in [2.75, 3.05) is 20.1 Å². The van der Waals surface area contributed by atoms with Crippen molar-refractivity contribution in [1.82, 2.24) is 10.2 Å². The van der Waals surface area contributed by atoms with Crippen LogP contribution in [0.2, 0.25) is 0 Å². The van der Waals surface area contributed by atoms with Crippen molar-refractivity contribution in [3.05, 3.63) is 35.4 Å². The summed E-state index contributed by atoms with van der Waals surface area (Å²) in [4.78, 5) is 25.0. The van der Waals surface area contributed by atoms with Crippen LogP contribution in [0.5, 0.6) is 0 Å². The molecule has 0 saturated carbocycles. The molecule has 122 valence electrons. The molecule has 0 bridgehead atoms. The zero-order valence-corrected chi connectivity index (χ0v) is 12.3.